The zero-order valence-corrected chi connectivity index (χ0v) is 16.6. The van der Waals surface area contributed by atoms with E-state index in [1.54, 1.807) is 13.8 Å². The van der Waals surface area contributed by atoms with Crippen molar-refractivity contribution in [2.45, 2.75) is 62.3 Å². The van der Waals surface area contributed by atoms with E-state index in [0.29, 0.717) is 0 Å². The molecule has 0 saturated heterocycles. The molecule has 0 fully saturated rings. The fraction of sp³-hybridized carbons (Fsp3) is 0.833. The van der Waals surface area contributed by atoms with Gasteiger partial charge in [0.25, 0.3) is 0 Å². The summed E-state index contributed by atoms with van der Waals surface area (Å²) in [5.41, 5.74) is 0. The van der Waals surface area contributed by atoms with Crippen LogP contribution in [0.1, 0.15) is 55.4 Å². The number of hydrogen-bond donors (Lipinski definition) is 0. The fourth-order valence-electron chi connectivity index (χ4n) is 2.16. The third-order valence-electron chi connectivity index (χ3n) is 2.55. The second-order valence-corrected chi connectivity index (χ2v) is 33.4. The van der Waals surface area contributed by atoms with Gasteiger partial charge in [-0.3, -0.25) is 0 Å². The summed E-state index contributed by atoms with van der Waals surface area (Å²) in [7, 11) is 3.00. The maximum atomic E-state index is 11.6. The minimum atomic E-state index is -3.08. The molecule has 0 rings (SSSR count). The molecule has 0 amide bonds. The Hall–Kier alpha value is 0.839. The molecule has 2 nitrogen and oxygen atoms in total. The molecule has 100 valence electrons. The molecule has 0 atom stereocenters. The molecule has 0 aromatic carbocycles. The Morgan fingerprint density at radius 1 is 0.765 bits per heavy atom. The molecular formula is C12H24O2S2Sn. The molecule has 0 radical (unpaired) electrons. The van der Waals surface area contributed by atoms with Gasteiger partial charge in [0.2, 0.25) is 0 Å². The summed E-state index contributed by atoms with van der Waals surface area (Å²) in [5.74, 6) is 0. The molecule has 0 N–H and O–H groups in total. The van der Waals surface area contributed by atoms with Crippen molar-refractivity contribution in [2.75, 3.05) is 0 Å². The standard InChI is InChI=1S/2C4H9.2C2H4OS.Sn/c2*1-4(2)3;2*1-2(3)4;/h2*1-3H3;2*1H3,(H,3,4);/q;;;;+2/p-2. The summed E-state index contributed by atoms with van der Waals surface area (Å²) in [4.78, 5) is 23.3. The van der Waals surface area contributed by atoms with Crippen molar-refractivity contribution in [3.63, 3.8) is 0 Å². The van der Waals surface area contributed by atoms with Crippen LogP contribution in [0, 0.1) is 0 Å². The van der Waals surface area contributed by atoms with Crippen LogP contribution in [-0.4, -0.2) is 25.8 Å². The predicted octanol–water partition coefficient (Wildman–Crippen LogP) is 4.59. The van der Waals surface area contributed by atoms with Crippen LogP contribution in [0.5, 0.6) is 0 Å². The van der Waals surface area contributed by atoms with Crippen molar-refractivity contribution in [3.8, 4) is 0 Å². The fourth-order valence-corrected chi connectivity index (χ4v) is 34.0. The van der Waals surface area contributed by atoms with Gasteiger partial charge in [0.05, 0.1) is 0 Å². The molecule has 0 aliphatic carbocycles. The van der Waals surface area contributed by atoms with Crippen molar-refractivity contribution in [3.05, 3.63) is 0 Å². The van der Waals surface area contributed by atoms with Crippen molar-refractivity contribution in [2.24, 2.45) is 0 Å². The van der Waals surface area contributed by atoms with Gasteiger partial charge in [0.1, 0.15) is 0 Å². The molecule has 0 saturated carbocycles. The van der Waals surface area contributed by atoms with Crippen molar-refractivity contribution in [1.29, 1.82) is 0 Å². The molecule has 0 bridgehead atoms. The van der Waals surface area contributed by atoms with Crippen LogP contribution in [0.15, 0.2) is 0 Å². The van der Waals surface area contributed by atoms with Gasteiger partial charge in [-0.2, -0.15) is 0 Å². The van der Waals surface area contributed by atoms with Gasteiger partial charge in [-0.05, 0) is 0 Å². The zero-order chi connectivity index (χ0) is 14.1. The summed E-state index contributed by atoms with van der Waals surface area (Å²) in [6.07, 6.45) is 0. The zero-order valence-electron chi connectivity index (χ0n) is 12.1. The summed E-state index contributed by atoms with van der Waals surface area (Å²) >= 11 is -3.08. The van der Waals surface area contributed by atoms with Crippen LogP contribution in [0.25, 0.3) is 0 Å². The van der Waals surface area contributed by atoms with Crippen LogP contribution in [-0.2, 0) is 9.59 Å². The quantitative estimate of drug-likeness (QED) is 0.654. The maximum absolute atomic E-state index is 11.6. The first kappa shape index (κ1) is 17.8. The molecule has 17 heavy (non-hydrogen) atoms. The summed E-state index contributed by atoms with van der Waals surface area (Å²) in [5, 5.41) is 0.304. The Bertz CT molecular complexity index is 281. The van der Waals surface area contributed by atoms with Gasteiger partial charge in [0.15, 0.2) is 0 Å². The van der Waals surface area contributed by atoms with Gasteiger partial charge in [-0.25, -0.2) is 0 Å². The summed E-state index contributed by atoms with van der Waals surface area (Å²) in [6.45, 7) is 16.3. The number of carbonyl (C=O) groups excluding carboxylic acids is 2. The van der Waals surface area contributed by atoms with Crippen LogP contribution in [0.3, 0.4) is 0 Å². The topological polar surface area (TPSA) is 34.1 Å². The van der Waals surface area contributed by atoms with Gasteiger partial charge in [-0.15, -0.1) is 0 Å². The van der Waals surface area contributed by atoms with E-state index in [2.05, 4.69) is 41.5 Å². The van der Waals surface area contributed by atoms with E-state index in [-0.39, 0.29) is 17.1 Å². The third-order valence-corrected chi connectivity index (χ3v) is 44.6. The van der Waals surface area contributed by atoms with E-state index in [1.807, 2.05) is 0 Å². The summed E-state index contributed by atoms with van der Waals surface area (Å²) < 4.78 is 0.110. The molecule has 0 aromatic rings. The average Bonchev–Trinajstić information content (AvgIpc) is 1.96. The van der Waals surface area contributed by atoms with E-state index in [0.717, 1.165) is 0 Å². The minimum absolute atomic E-state index is 0.0552. The second kappa shape index (κ2) is 5.86. The molecule has 0 aliphatic rings. The Balaban J connectivity index is 5.71. The monoisotopic (exact) mass is 384 g/mol. The van der Waals surface area contributed by atoms with E-state index in [9.17, 15) is 9.59 Å². The van der Waals surface area contributed by atoms with E-state index < -0.39 is 15.6 Å². The number of rotatable bonds is 2. The van der Waals surface area contributed by atoms with Gasteiger partial charge < -0.3 is 0 Å². The first-order chi connectivity index (χ1) is 7.33. The van der Waals surface area contributed by atoms with E-state index in [4.69, 9.17) is 0 Å². The van der Waals surface area contributed by atoms with Gasteiger partial charge in [-0.1, -0.05) is 0 Å². The molecule has 0 heterocycles. The average molecular weight is 383 g/mol. The van der Waals surface area contributed by atoms with Crippen LogP contribution < -0.4 is 0 Å². The molecular weight excluding hydrogens is 359 g/mol. The first-order valence-electron chi connectivity index (χ1n) is 5.72. The SMILES string of the molecule is CC(=O)[S][Sn]([S]C(C)=O)([C](C)(C)C)[C](C)(C)C. The number of carbonyl (C=O) groups is 2. The second-order valence-electron chi connectivity index (χ2n) is 6.30. The molecule has 0 aliphatic heterocycles. The molecule has 5 heteroatoms. The molecule has 0 unspecified atom stereocenters. The van der Waals surface area contributed by atoms with E-state index >= 15 is 0 Å². The van der Waals surface area contributed by atoms with Gasteiger partial charge in [0, 0.05) is 0 Å². The summed E-state index contributed by atoms with van der Waals surface area (Å²) in [6, 6.07) is 0. The first-order valence-corrected chi connectivity index (χ1v) is 17.2. The number of hydrogen-bond acceptors (Lipinski definition) is 4. The van der Waals surface area contributed by atoms with Crippen LogP contribution in [0.4, 0.5) is 0 Å². The van der Waals surface area contributed by atoms with Gasteiger partial charge >= 0.3 is 116 Å². The molecule has 0 spiro atoms. The Morgan fingerprint density at radius 2 is 1.00 bits per heavy atom. The van der Waals surface area contributed by atoms with Crippen molar-refractivity contribution < 1.29 is 9.59 Å². The van der Waals surface area contributed by atoms with Crippen molar-refractivity contribution in [1.82, 2.24) is 0 Å². The Morgan fingerprint density at radius 3 is 1.12 bits per heavy atom. The normalized spacial score (nSPS) is 13.6. The van der Waals surface area contributed by atoms with E-state index in [1.165, 1.54) is 17.9 Å². The van der Waals surface area contributed by atoms with Crippen LogP contribution >= 0.6 is 17.9 Å². The Labute approximate surface area is 115 Å². The molecule has 0 aromatic heterocycles. The van der Waals surface area contributed by atoms with Crippen molar-refractivity contribution >= 4 is 43.7 Å². The predicted molar refractivity (Wildman–Crippen MR) is 81.7 cm³/mol. The van der Waals surface area contributed by atoms with Crippen LogP contribution in [0.2, 0.25) is 6.86 Å². The Kier molecular flexibility index (Phi) is 6.15. The third kappa shape index (κ3) is 4.46.